The van der Waals surface area contributed by atoms with Gasteiger partial charge >= 0.3 is 8.56 Å². The lowest BCUT2D eigenvalue weighted by molar-refractivity contribution is 0.165. The van der Waals surface area contributed by atoms with Crippen LogP contribution in [-0.4, -0.2) is 45.9 Å². The van der Waals surface area contributed by atoms with E-state index in [4.69, 9.17) is 8.85 Å². The van der Waals surface area contributed by atoms with Crippen LogP contribution in [0.3, 0.4) is 0 Å². The zero-order valence-corrected chi connectivity index (χ0v) is 12.1. The van der Waals surface area contributed by atoms with Crippen LogP contribution in [0, 0.1) is 0 Å². The molecule has 0 spiro atoms. The summed E-state index contributed by atoms with van der Waals surface area (Å²) in [5.41, 5.74) is 0. The lowest BCUT2D eigenvalue weighted by Gasteiger charge is -2.31. The predicted octanol–water partition coefficient (Wildman–Crippen LogP) is 2.55. The van der Waals surface area contributed by atoms with Crippen LogP contribution in [0.15, 0.2) is 0 Å². The van der Waals surface area contributed by atoms with Crippen molar-refractivity contribution < 1.29 is 8.85 Å². The van der Waals surface area contributed by atoms with Crippen molar-refractivity contribution in [2.75, 3.05) is 32.5 Å². The predicted molar refractivity (Wildman–Crippen MR) is 69.8 cm³/mol. The quantitative estimate of drug-likeness (QED) is 0.671. The van der Waals surface area contributed by atoms with Gasteiger partial charge in [0.05, 0.1) is 0 Å². The molecule has 0 N–H and O–H groups in total. The Morgan fingerprint density at radius 1 is 0.938 bits per heavy atom. The van der Waals surface area contributed by atoms with Crippen LogP contribution in [0.1, 0.15) is 39.5 Å². The summed E-state index contributed by atoms with van der Waals surface area (Å²) in [7, 11) is -1.93. The minimum Gasteiger partial charge on any atom is -0.394 e. The van der Waals surface area contributed by atoms with Crippen LogP contribution < -0.4 is 0 Å². The maximum Gasteiger partial charge on any atom is 0.349 e. The van der Waals surface area contributed by atoms with E-state index in [2.05, 4.69) is 25.3 Å². The summed E-state index contributed by atoms with van der Waals surface area (Å²) in [4.78, 5) is 2.55. The molecule has 4 heteroatoms. The van der Waals surface area contributed by atoms with Gasteiger partial charge in [-0.05, 0) is 46.3 Å². The van der Waals surface area contributed by atoms with Crippen LogP contribution in [-0.2, 0) is 8.85 Å². The molecule has 0 amide bonds. The van der Waals surface area contributed by atoms with Gasteiger partial charge < -0.3 is 13.8 Å². The van der Waals surface area contributed by atoms with E-state index in [0.717, 1.165) is 19.4 Å². The van der Waals surface area contributed by atoms with Gasteiger partial charge in [0.2, 0.25) is 0 Å². The van der Waals surface area contributed by atoms with Crippen LogP contribution in [0.5, 0.6) is 0 Å². The summed E-state index contributed by atoms with van der Waals surface area (Å²) in [6.07, 6.45) is 6.48. The Morgan fingerprint density at radius 3 is 1.88 bits per heavy atom. The number of likely N-dealkylation sites (tertiary alicyclic amines) is 1. The van der Waals surface area contributed by atoms with Crippen molar-refractivity contribution in [3.63, 3.8) is 0 Å². The van der Waals surface area contributed by atoms with E-state index in [1.54, 1.807) is 0 Å². The molecule has 1 fully saturated rings. The first-order valence-electron chi connectivity index (χ1n) is 6.70. The fourth-order valence-corrected chi connectivity index (χ4v) is 5.06. The minimum absolute atomic E-state index is 0.774. The van der Waals surface area contributed by atoms with Crippen LogP contribution in [0.2, 0.25) is 6.55 Å². The van der Waals surface area contributed by atoms with Crippen molar-refractivity contribution in [2.45, 2.75) is 46.1 Å². The molecule has 0 aromatic heterocycles. The van der Waals surface area contributed by atoms with Gasteiger partial charge in [-0.15, -0.1) is 0 Å². The van der Waals surface area contributed by atoms with Gasteiger partial charge in [-0.1, -0.05) is 12.8 Å². The highest BCUT2D eigenvalue weighted by molar-refractivity contribution is 6.66. The summed E-state index contributed by atoms with van der Waals surface area (Å²) < 4.78 is 11.8. The van der Waals surface area contributed by atoms with E-state index in [1.165, 1.54) is 38.8 Å². The van der Waals surface area contributed by atoms with E-state index >= 15 is 0 Å². The molecule has 16 heavy (non-hydrogen) atoms. The van der Waals surface area contributed by atoms with E-state index in [9.17, 15) is 0 Å². The fraction of sp³-hybridized carbons (Fsp3) is 1.00. The highest BCUT2D eigenvalue weighted by Crippen LogP contribution is 2.15. The average Bonchev–Trinajstić information content (AvgIpc) is 2.46. The third kappa shape index (κ3) is 4.95. The Kier molecular flexibility index (Phi) is 6.57. The molecular weight excluding hydrogens is 218 g/mol. The van der Waals surface area contributed by atoms with E-state index < -0.39 is 8.56 Å². The third-order valence-corrected chi connectivity index (χ3v) is 5.93. The van der Waals surface area contributed by atoms with Gasteiger partial charge in [-0.2, -0.15) is 0 Å². The lowest BCUT2D eigenvalue weighted by atomic mass is 10.2. The van der Waals surface area contributed by atoms with Crippen LogP contribution in [0.4, 0.5) is 0 Å². The Bertz CT molecular complexity index is 176. The van der Waals surface area contributed by atoms with E-state index in [0.29, 0.717) is 0 Å². The molecule has 96 valence electrons. The number of nitrogens with zero attached hydrogens (tertiary/aromatic N) is 1. The maximum absolute atomic E-state index is 5.89. The Hall–Kier alpha value is 0.0969. The summed E-state index contributed by atoms with van der Waals surface area (Å²) in [5, 5.41) is 0. The normalized spacial score (nSPS) is 19.7. The summed E-state index contributed by atoms with van der Waals surface area (Å²) in [6.45, 7) is 10.3. The van der Waals surface area contributed by atoms with Crippen molar-refractivity contribution in [3.8, 4) is 0 Å². The van der Waals surface area contributed by atoms with Gasteiger partial charge in [0.1, 0.15) is 0 Å². The molecule has 1 aliphatic rings. The van der Waals surface area contributed by atoms with Crippen LogP contribution in [0.25, 0.3) is 0 Å². The SMILES string of the molecule is CCO[Si](C)(CN1CCCCCC1)OCC. The first kappa shape index (κ1) is 14.2. The molecular formula is C12H27NO2Si. The minimum atomic E-state index is -1.93. The zero-order chi connectivity index (χ0) is 11.9. The summed E-state index contributed by atoms with van der Waals surface area (Å²) >= 11 is 0. The van der Waals surface area contributed by atoms with Crippen molar-refractivity contribution in [2.24, 2.45) is 0 Å². The second-order valence-electron chi connectivity index (χ2n) is 4.69. The van der Waals surface area contributed by atoms with E-state index in [-0.39, 0.29) is 0 Å². The second kappa shape index (κ2) is 7.43. The van der Waals surface area contributed by atoms with Gasteiger partial charge in [0.15, 0.2) is 0 Å². The molecule has 0 aliphatic carbocycles. The molecule has 0 aromatic carbocycles. The summed E-state index contributed by atoms with van der Waals surface area (Å²) in [6, 6.07) is 0. The third-order valence-electron chi connectivity index (χ3n) is 3.11. The number of hydrogen-bond donors (Lipinski definition) is 0. The Morgan fingerprint density at radius 2 is 1.44 bits per heavy atom. The molecule has 1 rings (SSSR count). The molecule has 1 saturated heterocycles. The fourth-order valence-electron chi connectivity index (χ4n) is 2.44. The zero-order valence-electron chi connectivity index (χ0n) is 11.1. The Balaban J connectivity index is 2.45. The molecule has 0 saturated carbocycles. The van der Waals surface area contributed by atoms with Crippen molar-refractivity contribution in [3.05, 3.63) is 0 Å². The monoisotopic (exact) mass is 245 g/mol. The molecule has 0 atom stereocenters. The average molecular weight is 245 g/mol. The van der Waals surface area contributed by atoms with E-state index in [1.807, 2.05) is 0 Å². The maximum atomic E-state index is 5.89. The first-order chi connectivity index (χ1) is 7.70. The number of hydrogen-bond acceptors (Lipinski definition) is 3. The van der Waals surface area contributed by atoms with Crippen molar-refractivity contribution in [1.82, 2.24) is 4.90 Å². The standard InChI is InChI=1S/C12H27NO2Si/c1-4-14-16(3,15-5-2)12-13-10-8-6-7-9-11-13/h4-12H2,1-3H3. The molecule has 1 aliphatic heterocycles. The molecule has 1 heterocycles. The topological polar surface area (TPSA) is 21.7 Å². The lowest BCUT2D eigenvalue weighted by Crippen LogP contribution is -2.50. The molecule has 0 bridgehead atoms. The van der Waals surface area contributed by atoms with Crippen molar-refractivity contribution in [1.29, 1.82) is 0 Å². The molecule has 0 unspecified atom stereocenters. The van der Waals surface area contributed by atoms with Gasteiger partial charge in [0, 0.05) is 19.4 Å². The largest absolute Gasteiger partial charge is 0.394 e. The molecule has 3 nitrogen and oxygen atoms in total. The Labute approximate surface area is 101 Å². The number of rotatable bonds is 6. The molecule has 0 aromatic rings. The first-order valence-corrected chi connectivity index (χ1v) is 9.23. The van der Waals surface area contributed by atoms with Crippen molar-refractivity contribution >= 4 is 8.56 Å². The highest BCUT2D eigenvalue weighted by atomic mass is 28.4. The summed E-state index contributed by atoms with van der Waals surface area (Å²) in [5.74, 6) is 0. The van der Waals surface area contributed by atoms with Gasteiger partial charge in [-0.25, -0.2) is 0 Å². The molecule has 0 radical (unpaired) electrons. The van der Waals surface area contributed by atoms with Gasteiger partial charge in [0.25, 0.3) is 0 Å². The second-order valence-corrected chi connectivity index (χ2v) is 7.85. The van der Waals surface area contributed by atoms with Gasteiger partial charge in [-0.3, -0.25) is 0 Å². The highest BCUT2D eigenvalue weighted by Gasteiger charge is 2.33. The van der Waals surface area contributed by atoms with Crippen LogP contribution >= 0.6 is 0 Å². The smallest absolute Gasteiger partial charge is 0.349 e.